The van der Waals surface area contributed by atoms with Gasteiger partial charge in [0.05, 0.1) is 9.92 Å². The van der Waals surface area contributed by atoms with E-state index in [1.165, 1.54) is 42.5 Å². The highest BCUT2D eigenvalue weighted by Crippen LogP contribution is 2.37. The summed E-state index contributed by atoms with van der Waals surface area (Å²) < 4.78 is 76.5. The van der Waals surface area contributed by atoms with Crippen LogP contribution in [0.5, 0.6) is 17.2 Å². The average molecular weight is 716 g/mol. The molecule has 0 aliphatic rings. The molecule has 0 aromatic heterocycles. The quantitative estimate of drug-likeness (QED) is 0.136. The number of aryl methyl sites for hydroxylation is 1. The maximum Gasteiger partial charge on any atom is 0.247 e. The largest absolute Gasteiger partial charge is 0.505 e. The maximum absolute atomic E-state index is 14.0. The zero-order valence-corrected chi connectivity index (χ0v) is 28.0. The van der Waals surface area contributed by atoms with Crippen LogP contribution in [0, 0.1) is 12.7 Å². The van der Waals surface area contributed by atoms with Crippen LogP contribution in [0.1, 0.15) is 22.3 Å². The molecular formula is C34H29Cl2FN2O6S2. The molecule has 47 heavy (non-hydrogen) atoms. The molecule has 0 saturated heterocycles. The number of rotatable bonds is 12. The molecule has 5 rings (SSSR count). The highest BCUT2D eigenvalue weighted by atomic mass is 35.5. The number of ether oxygens (including phenoxy) is 1. The first-order chi connectivity index (χ1) is 22.3. The summed E-state index contributed by atoms with van der Waals surface area (Å²) in [4.78, 5) is -0.334. The molecule has 5 aromatic carbocycles. The monoisotopic (exact) mass is 714 g/mol. The molecule has 0 unspecified atom stereocenters. The Hall–Kier alpha value is -3.97. The van der Waals surface area contributed by atoms with Gasteiger partial charge >= 0.3 is 0 Å². The van der Waals surface area contributed by atoms with E-state index in [-0.39, 0.29) is 34.6 Å². The maximum atomic E-state index is 14.0. The Kier molecular flexibility index (Phi) is 10.5. The summed E-state index contributed by atoms with van der Waals surface area (Å²) in [5.74, 6) is -0.147. The van der Waals surface area contributed by atoms with Crippen LogP contribution < -0.4 is 9.46 Å². The zero-order valence-electron chi connectivity index (χ0n) is 24.9. The number of aromatic hydroxyl groups is 1. The van der Waals surface area contributed by atoms with Crippen molar-refractivity contribution >= 4 is 43.2 Å². The molecule has 0 aliphatic heterocycles. The minimum atomic E-state index is -4.39. The van der Waals surface area contributed by atoms with Crippen molar-refractivity contribution in [2.75, 3.05) is 0 Å². The van der Waals surface area contributed by atoms with E-state index in [0.29, 0.717) is 28.2 Å². The van der Waals surface area contributed by atoms with E-state index in [0.717, 1.165) is 15.9 Å². The number of hydrogen-bond acceptors (Lipinski definition) is 6. The fourth-order valence-corrected chi connectivity index (χ4v) is 7.81. The normalized spacial score (nSPS) is 11.9. The predicted molar refractivity (Wildman–Crippen MR) is 179 cm³/mol. The van der Waals surface area contributed by atoms with Gasteiger partial charge in [0, 0.05) is 24.7 Å². The lowest BCUT2D eigenvalue weighted by molar-refractivity contribution is 0.394. The van der Waals surface area contributed by atoms with E-state index < -0.39 is 36.5 Å². The number of hydrogen-bond donors (Lipinski definition) is 2. The van der Waals surface area contributed by atoms with Crippen LogP contribution in [-0.4, -0.2) is 26.2 Å². The van der Waals surface area contributed by atoms with Crippen molar-refractivity contribution in [3.63, 3.8) is 0 Å². The molecule has 5 aromatic rings. The van der Waals surface area contributed by atoms with Gasteiger partial charge in [0.1, 0.15) is 22.2 Å². The van der Waals surface area contributed by atoms with E-state index in [1.807, 2.05) is 6.92 Å². The standard InChI is InChI=1S/C34H29Cl2FN2O6S2/c1-23-5-15-31(16-6-23)46(41,42)38-20-25-3-2-4-26(17-25)22-39(47(43,44)33-19-27(35)18-32(36)34(33)40)21-24-7-11-29(12-8-24)45-30-13-9-28(37)10-14-30/h2-19,38,40H,20-22H2,1H3. The van der Waals surface area contributed by atoms with Crippen LogP contribution >= 0.6 is 23.2 Å². The second kappa shape index (κ2) is 14.4. The molecule has 0 atom stereocenters. The van der Waals surface area contributed by atoms with Gasteiger partial charge in [-0.1, -0.05) is 77.3 Å². The fourth-order valence-electron chi connectivity index (χ4n) is 4.63. The Bertz CT molecular complexity index is 2100. The van der Waals surface area contributed by atoms with Crippen LogP contribution in [0.3, 0.4) is 0 Å². The van der Waals surface area contributed by atoms with Gasteiger partial charge in [-0.2, -0.15) is 4.31 Å². The van der Waals surface area contributed by atoms with Gasteiger partial charge in [0.15, 0.2) is 5.75 Å². The first-order valence-electron chi connectivity index (χ1n) is 14.1. The Labute approximate surface area is 283 Å². The van der Waals surface area contributed by atoms with Crippen LogP contribution in [-0.2, 0) is 39.7 Å². The molecule has 8 nitrogen and oxygen atoms in total. The van der Waals surface area contributed by atoms with Crippen molar-refractivity contribution in [1.29, 1.82) is 0 Å². The number of phenolic OH excluding ortho intramolecular Hbond substituents is 1. The second-order valence-electron chi connectivity index (χ2n) is 10.7. The summed E-state index contributed by atoms with van der Waals surface area (Å²) in [5.41, 5.74) is 2.68. The van der Waals surface area contributed by atoms with Crippen LogP contribution in [0.15, 0.2) is 119 Å². The Morgan fingerprint density at radius 3 is 2.02 bits per heavy atom. The third-order valence-corrected chi connectivity index (χ3v) is 10.8. The predicted octanol–water partition coefficient (Wildman–Crippen LogP) is 7.81. The van der Waals surface area contributed by atoms with Crippen molar-refractivity contribution in [2.24, 2.45) is 0 Å². The molecule has 0 bridgehead atoms. The van der Waals surface area contributed by atoms with Crippen molar-refractivity contribution < 1.29 is 31.1 Å². The smallest absolute Gasteiger partial charge is 0.247 e. The highest BCUT2D eigenvalue weighted by Gasteiger charge is 2.29. The summed E-state index contributed by atoms with van der Waals surface area (Å²) in [6.45, 7) is 1.57. The number of nitrogens with one attached hydrogen (secondary N) is 1. The van der Waals surface area contributed by atoms with Gasteiger partial charge in [-0.25, -0.2) is 25.9 Å². The van der Waals surface area contributed by atoms with E-state index in [9.17, 15) is 26.3 Å². The van der Waals surface area contributed by atoms with Gasteiger partial charge in [-0.05, 0) is 84.3 Å². The van der Waals surface area contributed by atoms with Crippen LogP contribution in [0.25, 0.3) is 0 Å². The molecule has 0 aliphatic carbocycles. The average Bonchev–Trinajstić information content (AvgIpc) is 3.04. The third-order valence-electron chi connectivity index (χ3n) is 7.09. The second-order valence-corrected chi connectivity index (χ2v) is 15.2. The molecule has 0 spiro atoms. The summed E-state index contributed by atoms with van der Waals surface area (Å²) >= 11 is 12.2. The van der Waals surface area contributed by atoms with Crippen molar-refractivity contribution in [2.45, 2.75) is 36.3 Å². The SMILES string of the molecule is Cc1ccc(S(=O)(=O)NCc2cccc(CN(Cc3ccc(Oc4ccc(F)cc4)cc3)S(=O)(=O)c3cc(Cl)cc(Cl)c3O)c2)cc1. The van der Waals surface area contributed by atoms with E-state index in [2.05, 4.69) is 4.72 Å². The minimum absolute atomic E-state index is 0.0245. The van der Waals surface area contributed by atoms with Crippen molar-refractivity contribution in [3.05, 3.63) is 147 Å². The number of halogens is 3. The summed E-state index contributed by atoms with van der Waals surface area (Å²) in [6, 6.07) is 27.9. The Morgan fingerprint density at radius 2 is 1.36 bits per heavy atom. The van der Waals surface area contributed by atoms with Gasteiger partial charge in [0.25, 0.3) is 0 Å². The summed E-state index contributed by atoms with van der Waals surface area (Å²) in [5, 5.41) is 10.4. The molecule has 0 saturated carbocycles. The first kappa shape index (κ1) is 34.4. The molecule has 0 radical (unpaired) electrons. The van der Waals surface area contributed by atoms with E-state index >= 15 is 0 Å². The lowest BCUT2D eigenvalue weighted by Crippen LogP contribution is -2.30. The Morgan fingerprint density at radius 1 is 0.766 bits per heavy atom. The molecule has 0 amide bonds. The number of phenols is 1. The minimum Gasteiger partial charge on any atom is -0.505 e. The number of sulfonamides is 2. The molecular weight excluding hydrogens is 686 g/mol. The Balaban J connectivity index is 1.40. The fraction of sp³-hybridized carbons (Fsp3) is 0.118. The van der Waals surface area contributed by atoms with E-state index in [1.54, 1.807) is 60.7 Å². The summed E-state index contributed by atoms with van der Waals surface area (Å²) in [7, 11) is -8.17. The number of nitrogens with zero attached hydrogens (tertiary/aromatic N) is 1. The molecule has 244 valence electrons. The van der Waals surface area contributed by atoms with Gasteiger partial charge in [-0.15, -0.1) is 0 Å². The van der Waals surface area contributed by atoms with Gasteiger partial charge in [-0.3, -0.25) is 0 Å². The van der Waals surface area contributed by atoms with Gasteiger partial charge < -0.3 is 9.84 Å². The van der Waals surface area contributed by atoms with Crippen LogP contribution in [0.2, 0.25) is 10.0 Å². The topological polar surface area (TPSA) is 113 Å². The first-order valence-corrected chi connectivity index (χ1v) is 17.8. The molecule has 0 fully saturated rings. The number of benzene rings is 5. The lowest BCUT2D eigenvalue weighted by atomic mass is 10.1. The van der Waals surface area contributed by atoms with E-state index in [4.69, 9.17) is 27.9 Å². The van der Waals surface area contributed by atoms with Crippen LogP contribution in [0.4, 0.5) is 4.39 Å². The third kappa shape index (κ3) is 8.69. The highest BCUT2D eigenvalue weighted by molar-refractivity contribution is 7.89. The zero-order chi connectivity index (χ0) is 33.8. The molecule has 13 heteroatoms. The van der Waals surface area contributed by atoms with Crippen molar-refractivity contribution in [1.82, 2.24) is 9.03 Å². The molecule has 0 heterocycles. The van der Waals surface area contributed by atoms with Crippen molar-refractivity contribution in [3.8, 4) is 17.2 Å². The summed E-state index contributed by atoms with van der Waals surface area (Å²) in [6.07, 6.45) is 0. The lowest BCUT2D eigenvalue weighted by Gasteiger charge is -2.24. The van der Waals surface area contributed by atoms with Gasteiger partial charge in [0.2, 0.25) is 20.0 Å². The molecule has 2 N–H and O–H groups in total.